The molecule has 0 aliphatic rings. The van der Waals surface area contributed by atoms with Gasteiger partial charge < -0.3 is 5.73 Å². The summed E-state index contributed by atoms with van der Waals surface area (Å²) in [7, 11) is 0. The van der Waals surface area contributed by atoms with Gasteiger partial charge in [-0.3, -0.25) is 0 Å². The highest BCUT2D eigenvalue weighted by Crippen LogP contribution is 2.17. The highest BCUT2D eigenvalue weighted by atomic mass is 14.5. The number of unbranched alkanes of at least 4 members (excludes halogenated alkanes) is 11. The largest absolute Gasteiger partial charge is 0.330 e. The van der Waals surface area contributed by atoms with Crippen molar-refractivity contribution in [1.82, 2.24) is 0 Å². The van der Waals surface area contributed by atoms with Crippen LogP contribution in [0.2, 0.25) is 0 Å². The predicted octanol–water partition coefficient (Wildman–Crippen LogP) is 6.45. The maximum Gasteiger partial charge on any atom is -0.00773 e. The Morgan fingerprint density at radius 3 is 1.45 bits per heavy atom. The van der Waals surface area contributed by atoms with Crippen LogP contribution in [0.3, 0.4) is 0 Å². The third-order valence-electron chi connectivity index (χ3n) is 4.45. The normalized spacial score (nSPS) is 12.8. The summed E-state index contributed by atoms with van der Waals surface area (Å²) in [5.74, 6) is 0.962. The first kappa shape index (κ1) is 20.0. The Morgan fingerprint density at radius 1 is 0.600 bits per heavy atom. The highest BCUT2D eigenvalue weighted by molar-refractivity contribution is 4.54. The summed E-state index contributed by atoms with van der Waals surface area (Å²) in [5, 5.41) is 0. The molecular formula is C19H41N. The maximum atomic E-state index is 5.49. The average molecular weight is 284 g/mol. The van der Waals surface area contributed by atoms with Gasteiger partial charge in [-0.25, -0.2) is 0 Å². The van der Waals surface area contributed by atoms with Gasteiger partial charge in [-0.05, 0) is 18.9 Å². The van der Waals surface area contributed by atoms with E-state index in [0.29, 0.717) is 0 Å². The molecule has 1 unspecified atom stereocenters. The van der Waals surface area contributed by atoms with E-state index in [1.165, 1.54) is 96.3 Å². The molecule has 0 saturated heterocycles. The van der Waals surface area contributed by atoms with Gasteiger partial charge in [0.2, 0.25) is 0 Å². The zero-order valence-corrected chi connectivity index (χ0v) is 14.5. The summed E-state index contributed by atoms with van der Waals surface area (Å²) in [6, 6.07) is 0. The molecule has 1 atom stereocenters. The number of rotatable bonds is 16. The lowest BCUT2D eigenvalue weighted by atomic mass is 9.97. The number of hydrogen-bond acceptors (Lipinski definition) is 1. The van der Waals surface area contributed by atoms with Crippen LogP contribution in [0, 0.1) is 5.92 Å². The smallest absolute Gasteiger partial charge is 0.00773 e. The van der Waals surface area contributed by atoms with E-state index in [9.17, 15) is 0 Å². The quantitative estimate of drug-likeness (QED) is 0.323. The van der Waals surface area contributed by atoms with Crippen LogP contribution in [0.1, 0.15) is 110 Å². The van der Waals surface area contributed by atoms with Crippen molar-refractivity contribution in [1.29, 1.82) is 0 Å². The molecule has 0 bridgehead atoms. The number of nitrogens with two attached hydrogens (primary N) is 1. The van der Waals surface area contributed by atoms with Crippen molar-refractivity contribution in [3.05, 3.63) is 0 Å². The second-order valence-electron chi connectivity index (χ2n) is 6.71. The Morgan fingerprint density at radius 2 is 1.00 bits per heavy atom. The Labute approximate surface area is 129 Å². The molecule has 0 heterocycles. The Balaban J connectivity index is 3.02. The fourth-order valence-corrected chi connectivity index (χ4v) is 2.93. The van der Waals surface area contributed by atoms with Crippen molar-refractivity contribution in [2.75, 3.05) is 6.54 Å². The van der Waals surface area contributed by atoms with E-state index in [1.807, 2.05) is 0 Å². The Kier molecular flexibility index (Phi) is 17.0. The van der Waals surface area contributed by atoms with Crippen LogP contribution in [0.25, 0.3) is 0 Å². The minimum atomic E-state index is 0.872. The molecule has 0 radical (unpaired) electrons. The molecule has 0 aliphatic carbocycles. The molecule has 0 rings (SSSR count). The lowest BCUT2D eigenvalue weighted by Gasteiger charge is -2.10. The van der Waals surface area contributed by atoms with E-state index in [2.05, 4.69) is 13.8 Å². The molecule has 0 aromatic carbocycles. The summed E-state index contributed by atoms with van der Waals surface area (Å²) in [4.78, 5) is 0. The van der Waals surface area contributed by atoms with Gasteiger partial charge in [0, 0.05) is 0 Å². The van der Waals surface area contributed by atoms with Gasteiger partial charge in [-0.1, -0.05) is 104 Å². The third kappa shape index (κ3) is 16.0. The van der Waals surface area contributed by atoms with Crippen molar-refractivity contribution < 1.29 is 0 Å². The van der Waals surface area contributed by atoms with Crippen molar-refractivity contribution in [3.8, 4) is 0 Å². The van der Waals surface area contributed by atoms with Crippen LogP contribution in [-0.4, -0.2) is 6.54 Å². The first-order valence-corrected chi connectivity index (χ1v) is 9.51. The van der Waals surface area contributed by atoms with Gasteiger partial charge in [0.15, 0.2) is 0 Å². The Bertz CT molecular complexity index is 167. The van der Waals surface area contributed by atoms with E-state index in [1.54, 1.807) is 0 Å². The number of hydrogen-bond donors (Lipinski definition) is 1. The average Bonchev–Trinajstić information content (AvgIpc) is 2.46. The van der Waals surface area contributed by atoms with E-state index >= 15 is 0 Å². The molecule has 1 heteroatoms. The van der Waals surface area contributed by atoms with Crippen molar-refractivity contribution in [2.24, 2.45) is 11.7 Å². The predicted molar refractivity (Wildman–Crippen MR) is 93.1 cm³/mol. The minimum absolute atomic E-state index is 0.872. The van der Waals surface area contributed by atoms with Gasteiger partial charge in [0.05, 0.1) is 0 Å². The van der Waals surface area contributed by atoms with Crippen molar-refractivity contribution >= 4 is 0 Å². The SMILES string of the molecule is CCCCC(C)CCCCCCCCCCCCCN. The van der Waals surface area contributed by atoms with Crippen LogP contribution in [0.15, 0.2) is 0 Å². The van der Waals surface area contributed by atoms with Crippen molar-refractivity contribution in [3.63, 3.8) is 0 Å². The van der Waals surface area contributed by atoms with Crippen LogP contribution >= 0.6 is 0 Å². The van der Waals surface area contributed by atoms with Gasteiger partial charge in [0.1, 0.15) is 0 Å². The lowest BCUT2D eigenvalue weighted by molar-refractivity contribution is 0.440. The summed E-state index contributed by atoms with van der Waals surface area (Å²) in [5.41, 5.74) is 5.49. The first-order valence-electron chi connectivity index (χ1n) is 9.51. The lowest BCUT2D eigenvalue weighted by Crippen LogP contribution is -1.97. The maximum absolute atomic E-state index is 5.49. The van der Waals surface area contributed by atoms with Gasteiger partial charge >= 0.3 is 0 Å². The molecule has 1 nitrogen and oxygen atoms in total. The molecular weight excluding hydrogens is 242 g/mol. The summed E-state index contributed by atoms with van der Waals surface area (Å²) in [6.45, 7) is 5.60. The second-order valence-corrected chi connectivity index (χ2v) is 6.71. The standard InChI is InChI=1S/C19H41N/c1-3-4-16-19(2)17-14-12-10-8-6-5-7-9-11-13-15-18-20/h19H,3-18,20H2,1-2H3. The van der Waals surface area contributed by atoms with Crippen molar-refractivity contribution in [2.45, 2.75) is 110 Å². The fourth-order valence-electron chi connectivity index (χ4n) is 2.93. The highest BCUT2D eigenvalue weighted by Gasteiger charge is 2.00. The Hall–Kier alpha value is -0.0400. The van der Waals surface area contributed by atoms with Gasteiger partial charge in [-0.2, -0.15) is 0 Å². The molecule has 122 valence electrons. The molecule has 0 aliphatic heterocycles. The monoisotopic (exact) mass is 283 g/mol. The van der Waals surface area contributed by atoms with Gasteiger partial charge in [0.25, 0.3) is 0 Å². The van der Waals surface area contributed by atoms with E-state index in [0.717, 1.165) is 12.5 Å². The summed E-state index contributed by atoms with van der Waals surface area (Å²) in [6.07, 6.45) is 21.3. The zero-order chi connectivity index (χ0) is 14.9. The molecule has 0 saturated carbocycles. The summed E-state index contributed by atoms with van der Waals surface area (Å²) >= 11 is 0. The van der Waals surface area contributed by atoms with Crippen LogP contribution < -0.4 is 5.73 Å². The summed E-state index contributed by atoms with van der Waals surface area (Å²) < 4.78 is 0. The molecule has 20 heavy (non-hydrogen) atoms. The minimum Gasteiger partial charge on any atom is -0.330 e. The first-order chi connectivity index (χ1) is 9.81. The second kappa shape index (κ2) is 17.0. The molecule has 0 fully saturated rings. The topological polar surface area (TPSA) is 26.0 Å². The fraction of sp³-hybridized carbons (Fsp3) is 1.00. The molecule has 0 aromatic rings. The van der Waals surface area contributed by atoms with Gasteiger partial charge in [-0.15, -0.1) is 0 Å². The van der Waals surface area contributed by atoms with Crippen LogP contribution in [0.5, 0.6) is 0 Å². The molecule has 2 N–H and O–H groups in total. The zero-order valence-electron chi connectivity index (χ0n) is 14.5. The third-order valence-corrected chi connectivity index (χ3v) is 4.45. The van der Waals surface area contributed by atoms with E-state index in [4.69, 9.17) is 5.73 Å². The van der Waals surface area contributed by atoms with E-state index < -0.39 is 0 Å². The van der Waals surface area contributed by atoms with Crippen LogP contribution in [0.4, 0.5) is 0 Å². The van der Waals surface area contributed by atoms with Crippen LogP contribution in [-0.2, 0) is 0 Å². The van der Waals surface area contributed by atoms with E-state index in [-0.39, 0.29) is 0 Å². The molecule has 0 aromatic heterocycles. The molecule has 0 amide bonds. The molecule has 0 spiro atoms.